The highest BCUT2D eigenvalue weighted by atomic mass is 35.5. The Hall–Kier alpha value is -1.27. The summed E-state index contributed by atoms with van der Waals surface area (Å²) in [7, 11) is 1.97. The van der Waals surface area contributed by atoms with Crippen LogP contribution in [0.5, 0.6) is 0 Å². The first kappa shape index (κ1) is 9.29. The molecule has 14 heavy (non-hydrogen) atoms. The van der Waals surface area contributed by atoms with Crippen LogP contribution in [0.1, 0.15) is 18.5 Å². The lowest BCUT2D eigenvalue weighted by Gasteiger charge is -2.18. The van der Waals surface area contributed by atoms with Gasteiger partial charge in [-0.2, -0.15) is 5.26 Å². The van der Waals surface area contributed by atoms with E-state index in [2.05, 4.69) is 4.98 Å². The van der Waals surface area contributed by atoms with E-state index in [9.17, 15) is 0 Å². The Kier molecular flexibility index (Phi) is 2.30. The van der Waals surface area contributed by atoms with E-state index < -0.39 is 0 Å². The largest absolute Gasteiger partial charge is 0.355 e. The topological polar surface area (TPSA) is 39.9 Å². The van der Waals surface area contributed by atoms with Crippen molar-refractivity contribution in [3.63, 3.8) is 0 Å². The zero-order valence-electron chi connectivity index (χ0n) is 7.87. The van der Waals surface area contributed by atoms with Crippen molar-refractivity contribution in [2.45, 2.75) is 18.9 Å². The van der Waals surface area contributed by atoms with E-state index in [1.165, 1.54) is 12.8 Å². The number of hydrogen-bond donors (Lipinski definition) is 0. The second-order valence-corrected chi connectivity index (χ2v) is 3.86. The third-order valence-corrected chi connectivity index (χ3v) is 2.67. The quantitative estimate of drug-likeness (QED) is 0.747. The number of aromatic nitrogens is 1. The van der Waals surface area contributed by atoms with Crippen LogP contribution in [-0.4, -0.2) is 18.1 Å². The van der Waals surface area contributed by atoms with E-state index >= 15 is 0 Å². The summed E-state index contributed by atoms with van der Waals surface area (Å²) >= 11 is 6.01. The first-order chi connectivity index (χ1) is 6.72. The molecule has 0 amide bonds. The summed E-state index contributed by atoms with van der Waals surface area (Å²) in [5, 5.41) is 9.32. The highest BCUT2D eigenvalue weighted by Crippen LogP contribution is 2.32. The van der Waals surface area contributed by atoms with Crippen LogP contribution in [0.25, 0.3) is 0 Å². The van der Waals surface area contributed by atoms with Crippen LogP contribution in [0, 0.1) is 11.3 Å². The maximum Gasteiger partial charge on any atom is 0.148 e. The number of anilines is 1. The summed E-state index contributed by atoms with van der Waals surface area (Å²) in [5.74, 6) is 0.716. The van der Waals surface area contributed by atoms with E-state index in [4.69, 9.17) is 16.9 Å². The Labute approximate surface area is 87.9 Å². The molecule has 0 atom stereocenters. The molecule has 72 valence electrons. The molecule has 0 N–H and O–H groups in total. The number of nitriles is 1. The van der Waals surface area contributed by atoms with Crippen molar-refractivity contribution in [3.8, 4) is 6.07 Å². The maximum atomic E-state index is 8.71. The van der Waals surface area contributed by atoms with Gasteiger partial charge in [-0.15, -0.1) is 0 Å². The molecular formula is C10H10ClN3. The second-order valence-electron chi connectivity index (χ2n) is 3.46. The van der Waals surface area contributed by atoms with Crippen LogP contribution in [0.3, 0.4) is 0 Å². The van der Waals surface area contributed by atoms with E-state index in [1.54, 1.807) is 12.1 Å². The first-order valence-electron chi connectivity index (χ1n) is 4.52. The Bertz CT molecular complexity index is 393. The third kappa shape index (κ3) is 1.66. The third-order valence-electron chi connectivity index (χ3n) is 2.37. The summed E-state index contributed by atoms with van der Waals surface area (Å²) < 4.78 is 0. The van der Waals surface area contributed by atoms with Crippen molar-refractivity contribution in [3.05, 3.63) is 22.8 Å². The fourth-order valence-corrected chi connectivity index (χ4v) is 1.61. The molecule has 1 heterocycles. The molecule has 0 saturated heterocycles. The summed E-state index contributed by atoms with van der Waals surface area (Å²) in [4.78, 5) is 6.23. The highest BCUT2D eigenvalue weighted by Gasteiger charge is 2.28. The van der Waals surface area contributed by atoms with Crippen LogP contribution in [-0.2, 0) is 0 Å². The molecule has 0 spiro atoms. The molecule has 1 saturated carbocycles. The van der Waals surface area contributed by atoms with E-state index in [1.807, 2.05) is 18.0 Å². The number of pyridine rings is 1. The van der Waals surface area contributed by atoms with Crippen molar-refractivity contribution in [1.29, 1.82) is 5.26 Å². The van der Waals surface area contributed by atoms with Gasteiger partial charge in [0.05, 0.1) is 5.02 Å². The highest BCUT2D eigenvalue weighted by molar-refractivity contribution is 6.32. The number of halogens is 1. The lowest BCUT2D eigenvalue weighted by atomic mass is 10.3. The molecule has 0 unspecified atom stereocenters. The smallest absolute Gasteiger partial charge is 0.148 e. The van der Waals surface area contributed by atoms with Crippen LogP contribution in [0.4, 0.5) is 5.82 Å². The Morgan fingerprint density at radius 1 is 1.57 bits per heavy atom. The van der Waals surface area contributed by atoms with Gasteiger partial charge < -0.3 is 4.90 Å². The molecule has 3 nitrogen and oxygen atoms in total. The number of hydrogen-bond acceptors (Lipinski definition) is 3. The summed E-state index contributed by atoms with van der Waals surface area (Å²) in [6, 6.07) is 5.92. The zero-order chi connectivity index (χ0) is 10.1. The maximum absolute atomic E-state index is 8.71. The predicted octanol–water partition coefficient (Wildman–Crippen LogP) is 2.21. The molecule has 0 aromatic carbocycles. The van der Waals surface area contributed by atoms with Crippen LogP contribution < -0.4 is 4.90 Å². The molecule has 0 bridgehead atoms. The summed E-state index contributed by atoms with van der Waals surface area (Å²) in [6.07, 6.45) is 2.37. The van der Waals surface area contributed by atoms with E-state index in [0.717, 1.165) is 0 Å². The Balaban J connectivity index is 2.35. The average Bonchev–Trinajstić information content (AvgIpc) is 3.01. The van der Waals surface area contributed by atoms with E-state index in [0.29, 0.717) is 22.6 Å². The number of nitrogens with zero attached hydrogens (tertiary/aromatic N) is 3. The monoisotopic (exact) mass is 207 g/mol. The minimum absolute atomic E-state index is 0.414. The zero-order valence-corrected chi connectivity index (χ0v) is 8.62. The SMILES string of the molecule is CN(c1nc(C#N)ccc1Cl)C1CC1. The molecule has 1 aromatic heterocycles. The standard InChI is InChI=1S/C10H10ClN3/c1-14(8-3-4-8)10-9(11)5-2-7(6-12)13-10/h2,5,8H,3-4H2,1H3. The van der Waals surface area contributed by atoms with Crippen molar-refractivity contribution >= 4 is 17.4 Å². The molecule has 2 rings (SSSR count). The van der Waals surface area contributed by atoms with Gasteiger partial charge in [-0.25, -0.2) is 4.98 Å². The molecule has 0 radical (unpaired) electrons. The molecule has 1 aromatic rings. The van der Waals surface area contributed by atoms with Gasteiger partial charge in [0.15, 0.2) is 0 Å². The molecule has 1 aliphatic carbocycles. The fourth-order valence-electron chi connectivity index (χ4n) is 1.38. The summed E-state index contributed by atoms with van der Waals surface area (Å²) in [6.45, 7) is 0. The predicted molar refractivity (Wildman–Crippen MR) is 55.4 cm³/mol. The summed E-state index contributed by atoms with van der Waals surface area (Å²) in [5.41, 5.74) is 0.414. The second kappa shape index (κ2) is 3.47. The van der Waals surface area contributed by atoms with Crippen molar-refractivity contribution in [2.75, 3.05) is 11.9 Å². The lowest BCUT2D eigenvalue weighted by Crippen LogP contribution is -2.21. The lowest BCUT2D eigenvalue weighted by molar-refractivity contribution is 0.890. The van der Waals surface area contributed by atoms with E-state index in [-0.39, 0.29) is 0 Å². The average molecular weight is 208 g/mol. The van der Waals surface area contributed by atoms with Crippen LogP contribution in [0.2, 0.25) is 5.02 Å². The minimum atomic E-state index is 0.414. The van der Waals surface area contributed by atoms with Gasteiger partial charge >= 0.3 is 0 Å². The number of rotatable bonds is 2. The van der Waals surface area contributed by atoms with Crippen molar-refractivity contribution in [2.24, 2.45) is 0 Å². The normalized spacial score (nSPS) is 14.9. The molecule has 1 aliphatic rings. The molecule has 1 fully saturated rings. The van der Waals surface area contributed by atoms with Gasteiger partial charge in [0.2, 0.25) is 0 Å². The Morgan fingerprint density at radius 2 is 2.29 bits per heavy atom. The molecular weight excluding hydrogens is 198 g/mol. The van der Waals surface area contributed by atoms with Crippen molar-refractivity contribution < 1.29 is 0 Å². The van der Waals surface area contributed by atoms with Crippen LogP contribution in [0.15, 0.2) is 12.1 Å². The van der Waals surface area contributed by atoms with Gasteiger partial charge in [0.1, 0.15) is 17.6 Å². The molecule has 4 heteroatoms. The van der Waals surface area contributed by atoms with Crippen LogP contribution >= 0.6 is 11.6 Å². The van der Waals surface area contributed by atoms with Gasteiger partial charge in [0.25, 0.3) is 0 Å². The van der Waals surface area contributed by atoms with Gasteiger partial charge in [-0.05, 0) is 25.0 Å². The van der Waals surface area contributed by atoms with Gasteiger partial charge in [0, 0.05) is 13.1 Å². The van der Waals surface area contributed by atoms with Gasteiger partial charge in [-0.3, -0.25) is 0 Å². The van der Waals surface area contributed by atoms with Crippen molar-refractivity contribution in [1.82, 2.24) is 4.98 Å². The first-order valence-corrected chi connectivity index (χ1v) is 4.89. The Morgan fingerprint density at radius 3 is 2.86 bits per heavy atom. The van der Waals surface area contributed by atoms with Gasteiger partial charge in [-0.1, -0.05) is 11.6 Å². The molecule has 0 aliphatic heterocycles. The fraction of sp³-hybridized carbons (Fsp3) is 0.400. The minimum Gasteiger partial charge on any atom is -0.355 e.